The van der Waals surface area contributed by atoms with Gasteiger partial charge in [0.05, 0.1) is 5.60 Å². The zero-order valence-electron chi connectivity index (χ0n) is 11.9. The maximum atomic E-state index is 12.0. The number of carbonyl (C=O) groups excluding carboxylic acids is 1. The molecule has 0 radical (unpaired) electrons. The Bertz CT molecular complexity index is 301. The lowest BCUT2D eigenvalue weighted by molar-refractivity contribution is -0.125. The van der Waals surface area contributed by atoms with Crippen molar-refractivity contribution in [2.24, 2.45) is 22.7 Å². The van der Waals surface area contributed by atoms with E-state index in [1.807, 2.05) is 34.6 Å². The van der Waals surface area contributed by atoms with Crippen LogP contribution in [-0.2, 0) is 9.53 Å². The summed E-state index contributed by atoms with van der Waals surface area (Å²) in [6.07, 6.45) is 0. The maximum Gasteiger partial charge on any atom is 0.231 e. The molecule has 18 heavy (non-hydrogen) atoms. The van der Waals surface area contributed by atoms with E-state index in [1.165, 1.54) is 0 Å². The number of oxime groups is 1. The van der Waals surface area contributed by atoms with E-state index in [-0.39, 0.29) is 17.7 Å². The smallest absolute Gasteiger partial charge is 0.231 e. The van der Waals surface area contributed by atoms with Crippen molar-refractivity contribution in [2.45, 2.75) is 40.2 Å². The van der Waals surface area contributed by atoms with Gasteiger partial charge in [0.2, 0.25) is 5.91 Å². The first kappa shape index (κ1) is 16.7. The first-order valence-electron chi connectivity index (χ1n) is 6.14. The van der Waals surface area contributed by atoms with Gasteiger partial charge >= 0.3 is 0 Å². The normalized spacial score (nSPS) is 14.7. The van der Waals surface area contributed by atoms with Crippen LogP contribution in [0.3, 0.4) is 0 Å². The molecule has 0 bridgehead atoms. The Balaban J connectivity index is 4.55. The number of ether oxygens (including phenoxy) is 1. The number of amides is 1. The summed E-state index contributed by atoms with van der Waals surface area (Å²) in [4.78, 5) is 12.0. The lowest BCUT2D eigenvalue weighted by Crippen LogP contribution is -2.47. The van der Waals surface area contributed by atoms with Gasteiger partial charge in [0.1, 0.15) is 5.92 Å². The third kappa shape index (κ3) is 5.35. The summed E-state index contributed by atoms with van der Waals surface area (Å²) in [5, 5.41) is 14.4. The van der Waals surface area contributed by atoms with E-state index < -0.39 is 11.5 Å². The van der Waals surface area contributed by atoms with Gasteiger partial charge in [-0.3, -0.25) is 4.79 Å². The zero-order chi connectivity index (χ0) is 14.3. The first-order valence-corrected chi connectivity index (χ1v) is 6.14. The standard InChI is InChI=1S/C12H25N3O3/c1-6-18-12(4,5)7-14-11(16)9(8(2)3)10(13)15-17/h8-9,17H,6-7H2,1-5H3,(H2,13,15)(H,14,16). The highest BCUT2D eigenvalue weighted by Gasteiger charge is 2.28. The van der Waals surface area contributed by atoms with E-state index in [2.05, 4.69) is 10.5 Å². The predicted octanol–water partition coefficient (Wildman–Crippen LogP) is 0.936. The van der Waals surface area contributed by atoms with E-state index in [4.69, 9.17) is 15.7 Å². The Kier molecular flexibility index (Phi) is 6.68. The minimum atomic E-state index is -0.632. The van der Waals surface area contributed by atoms with Crippen LogP contribution in [0.4, 0.5) is 0 Å². The van der Waals surface area contributed by atoms with Crippen LogP contribution in [0.25, 0.3) is 0 Å². The van der Waals surface area contributed by atoms with Crippen molar-refractivity contribution in [3.05, 3.63) is 0 Å². The van der Waals surface area contributed by atoms with Gasteiger partial charge in [-0.05, 0) is 26.7 Å². The molecule has 0 aromatic carbocycles. The summed E-state index contributed by atoms with van der Waals surface area (Å²) >= 11 is 0. The third-order valence-electron chi connectivity index (χ3n) is 2.61. The fourth-order valence-corrected chi connectivity index (χ4v) is 1.69. The number of hydrogen-bond acceptors (Lipinski definition) is 4. The van der Waals surface area contributed by atoms with Crippen LogP contribution < -0.4 is 11.1 Å². The molecule has 6 heteroatoms. The molecule has 4 N–H and O–H groups in total. The van der Waals surface area contributed by atoms with Crippen LogP contribution in [-0.4, -0.2) is 35.7 Å². The van der Waals surface area contributed by atoms with Crippen molar-refractivity contribution in [2.75, 3.05) is 13.2 Å². The quantitative estimate of drug-likeness (QED) is 0.274. The molecule has 1 amide bonds. The number of carbonyl (C=O) groups is 1. The summed E-state index contributed by atoms with van der Waals surface area (Å²) in [7, 11) is 0. The Morgan fingerprint density at radius 3 is 2.44 bits per heavy atom. The van der Waals surface area contributed by atoms with Crippen LogP contribution in [0.1, 0.15) is 34.6 Å². The maximum absolute atomic E-state index is 12.0. The van der Waals surface area contributed by atoms with Crippen LogP contribution >= 0.6 is 0 Å². The molecule has 106 valence electrons. The SMILES string of the molecule is CCOC(C)(C)CNC(=O)C(C(N)=NO)C(C)C. The highest BCUT2D eigenvalue weighted by Crippen LogP contribution is 2.13. The minimum Gasteiger partial charge on any atom is -0.409 e. The number of rotatable bonds is 7. The second-order valence-corrected chi connectivity index (χ2v) is 5.16. The van der Waals surface area contributed by atoms with Gasteiger partial charge in [-0.25, -0.2) is 0 Å². The molecule has 0 saturated heterocycles. The van der Waals surface area contributed by atoms with Crippen LogP contribution in [0.5, 0.6) is 0 Å². The molecule has 0 aliphatic heterocycles. The molecule has 0 rings (SSSR count). The predicted molar refractivity (Wildman–Crippen MR) is 70.5 cm³/mol. The van der Waals surface area contributed by atoms with Crippen molar-refractivity contribution in [1.82, 2.24) is 5.32 Å². The summed E-state index contributed by atoms with van der Waals surface area (Å²) in [6, 6.07) is 0. The van der Waals surface area contributed by atoms with Gasteiger partial charge in [-0.1, -0.05) is 19.0 Å². The molecule has 0 heterocycles. The summed E-state index contributed by atoms with van der Waals surface area (Å²) < 4.78 is 5.48. The van der Waals surface area contributed by atoms with E-state index in [0.717, 1.165) is 0 Å². The highest BCUT2D eigenvalue weighted by atomic mass is 16.5. The fourth-order valence-electron chi connectivity index (χ4n) is 1.69. The lowest BCUT2D eigenvalue weighted by Gasteiger charge is -2.27. The van der Waals surface area contributed by atoms with E-state index in [0.29, 0.717) is 13.2 Å². The first-order chi connectivity index (χ1) is 8.25. The van der Waals surface area contributed by atoms with Crippen LogP contribution in [0, 0.1) is 11.8 Å². The molecule has 1 unspecified atom stereocenters. The molecular weight excluding hydrogens is 234 g/mol. The summed E-state index contributed by atoms with van der Waals surface area (Å²) in [5.74, 6) is -1.01. The molecule has 0 fully saturated rings. The van der Waals surface area contributed by atoms with Crippen molar-refractivity contribution >= 4 is 11.7 Å². The third-order valence-corrected chi connectivity index (χ3v) is 2.61. The Morgan fingerprint density at radius 2 is 2.06 bits per heavy atom. The van der Waals surface area contributed by atoms with Gasteiger partial charge in [0.15, 0.2) is 5.84 Å². The van der Waals surface area contributed by atoms with Gasteiger partial charge in [0, 0.05) is 13.2 Å². The second kappa shape index (κ2) is 7.20. The van der Waals surface area contributed by atoms with Crippen LogP contribution in [0.2, 0.25) is 0 Å². The Hall–Kier alpha value is -1.30. The summed E-state index contributed by atoms with van der Waals surface area (Å²) in [5.41, 5.74) is 5.09. The average Bonchev–Trinajstić information content (AvgIpc) is 2.26. The molecule has 6 nitrogen and oxygen atoms in total. The molecule has 0 spiro atoms. The monoisotopic (exact) mass is 259 g/mol. The summed E-state index contributed by atoms with van der Waals surface area (Å²) in [6.45, 7) is 10.3. The molecule has 0 saturated carbocycles. The highest BCUT2D eigenvalue weighted by molar-refractivity contribution is 6.02. The molecule has 0 aromatic heterocycles. The number of nitrogens with two attached hydrogens (primary N) is 1. The van der Waals surface area contributed by atoms with Crippen molar-refractivity contribution in [1.29, 1.82) is 0 Å². The molecule has 0 aliphatic carbocycles. The molecule has 1 atom stereocenters. The second-order valence-electron chi connectivity index (χ2n) is 5.16. The van der Waals surface area contributed by atoms with Gasteiger partial charge in [0.25, 0.3) is 0 Å². The number of nitrogens with one attached hydrogen (secondary N) is 1. The topological polar surface area (TPSA) is 96.9 Å². The Labute approximate surface area is 109 Å². The molecular formula is C12H25N3O3. The van der Waals surface area contributed by atoms with E-state index >= 15 is 0 Å². The lowest BCUT2D eigenvalue weighted by atomic mass is 9.93. The van der Waals surface area contributed by atoms with E-state index in [9.17, 15) is 4.79 Å². The number of nitrogens with zero attached hydrogens (tertiary/aromatic N) is 1. The number of hydrogen-bond donors (Lipinski definition) is 3. The fraction of sp³-hybridized carbons (Fsp3) is 0.833. The van der Waals surface area contributed by atoms with Crippen LogP contribution in [0.15, 0.2) is 5.16 Å². The van der Waals surface area contributed by atoms with Crippen molar-refractivity contribution in [3.63, 3.8) is 0 Å². The van der Waals surface area contributed by atoms with Gasteiger partial charge < -0.3 is 21.0 Å². The van der Waals surface area contributed by atoms with E-state index in [1.54, 1.807) is 0 Å². The van der Waals surface area contributed by atoms with Crippen molar-refractivity contribution < 1.29 is 14.7 Å². The van der Waals surface area contributed by atoms with Gasteiger partial charge in [-0.2, -0.15) is 0 Å². The average molecular weight is 259 g/mol. The van der Waals surface area contributed by atoms with Crippen molar-refractivity contribution in [3.8, 4) is 0 Å². The number of amidine groups is 1. The largest absolute Gasteiger partial charge is 0.409 e. The molecule has 0 aliphatic rings. The molecule has 0 aromatic rings. The zero-order valence-corrected chi connectivity index (χ0v) is 11.9. The van der Waals surface area contributed by atoms with Gasteiger partial charge in [-0.15, -0.1) is 0 Å². The Morgan fingerprint density at radius 1 is 1.50 bits per heavy atom. The minimum absolute atomic E-state index is 0.0453.